The van der Waals surface area contributed by atoms with E-state index >= 15 is 0 Å². The molecule has 0 spiro atoms. The van der Waals surface area contributed by atoms with E-state index in [-0.39, 0.29) is 11.5 Å². The van der Waals surface area contributed by atoms with Gasteiger partial charge in [0, 0.05) is 44.0 Å². The highest BCUT2D eigenvalue weighted by Crippen LogP contribution is 2.30. The van der Waals surface area contributed by atoms with Crippen molar-refractivity contribution in [1.29, 1.82) is 0 Å². The van der Waals surface area contributed by atoms with E-state index < -0.39 is 5.82 Å². The zero-order valence-corrected chi connectivity index (χ0v) is 15.1. The normalized spacial score (nSPS) is 20.8. The van der Waals surface area contributed by atoms with Crippen LogP contribution >= 0.6 is 0 Å². The lowest BCUT2D eigenvalue weighted by atomic mass is 9.91. The number of carbonyl (C=O) groups is 1. The van der Waals surface area contributed by atoms with Gasteiger partial charge < -0.3 is 10.2 Å². The minimum absolute atomic E-state index is 0.172. The molecule has 0 radical (unpaired) electrons. The monoisotopic (exact) mass is 356 g/mol. The number of hydrogen-bond donors (Lipinski definition) is 1. The molecular formula is C20H25FN4O. The fourth-order valence-electron chi connectivity index (χ4n) is 4.18. The summed E-state index contributed by atoms with van der Waals surface area (Å²) in [7, 11) is 1.97. The Bertz CT molecular complexity index is 795. The highest BCUT2D eigenvalue weighted by molar-refractivity contribution is 5.94. The Kier molecular flexibility index (Phi) is 4.76. The van der Waals surface area contributed by atoms with Crippen molar-refractivity contribution in [3.8, 4) is 0 Å². The number of aryl methyl sites for hydroxylation is 2. The second-order valence-corrected chi connectivity index (χ2v) is 7.36. The average molecular weight is 356 g/mol. The third-order valence-electron chi connectivity index (χ3n) is 5.54. The summed E-state index contributed by atoms with van der Waals surface area (Å²) < 4.78 is 15.8. The summed E-state index contributed by atoms with van der Waals surface area (Å²) in [5.74, 6) is -0.641. The smallest absolute Gasteiger partial charge is 0.256 e. The number of hydrogen-bond acceptors (Lipinski definition) is 3. The lowest BCUT2D eigenvalue weighted by Crippen LogP contribution is -2.46. The number of benzene rings is 1. The minimum Gasteiger partial charge on any atom is -0.338 e. The van der Waals surface area contributed by atoms with Gasteiger partial charge in [-0.25, -0.2) is 4.39 Å². The Morgan fingerprint density at radius 3 is 2.77 bits per heavy atom. The summed E-state index contributed by atoms with van der Waals surface area (Å²) >= 11 is 0. The Morgan fingerprint density at radius 2 is 2.00 bits per heavy atom. The van der Waals surface area contributed by atoms with E-state index in [9.17, 15) is 9.18 Å². The summed E-state index contributed by atoms with van der Waals surface area (Å²) in [4.78, 5) is 14.3. The van der Waals surface area contributed by atoms with Crippen molar-refractivity contribution in [3.63, 3.8) is 0 Å². The quantitative estimate of drug-likeness (QED) is 0.920. The van der Waals surface area contributed by atoms with Gasteiger partial charge in [-0.3, -0.25) is 9.48 Å². The van der Waals surface area contributed by atoms with Gasteiger partial charge in [-0.05, 0) is 44.2 Å². The van der Waals surface area contributed by atoms with Crippen LogP contribution in [0.3, 0.4) is 0 Å². The van der Waals surface area contributed by atoms with Gasteiger partial charge in [0.25, 0.3) is 5.91 Å². The maximum absolute atomic E-state index is 13.9. The standard InChI is InChI=1S/C20H25FN4O/c1-24-13-16-18(7-4-8-19(16)23-24)22-14-9-11-25(12-10-14)20(26)15-5-2-3-6-17(15)21/h2-3,5-6,13-14,18,22H,4,7-12H2,1H3. The lowest BCUT2D eigenvalue weighted by molar-refractivity contribution is 0.0696. The molecule has 0 saturated carbocycles. The van der Waals surface area contributed by atoms with Crippen molar-refractivity contribution in [2.75, 3.05) is 13.1 Å². The zero-order valence-electron chi connectivity index (χ0n) is 15.1. The molecule has 1 aromatic heterocycles. The predicted molar refractivity (Wildman–Crippen MR) is 97.3 cm³/mol. The topological polar surface area (TPSA) is 50.2 Å². The summed E-state index contributed by atoms with van der Waals surface area (Å²) in [6, 6.07) is 6.96. The Labute approximate surface area is 153 Å². The Balaban J connectivity index is 1.36. The molecule has 6 heteroatoms. The highest BCUT2D eigenvalue weighted by Gasteiger charge is 2.29. The molecule has 5 nitrogen and oxygen atoms in total. The number of amides is 1. The van der Waals surface area contributed by atoms with Crippen LogP contribution in [0, 0.1) is 5.82 Å². The molecule has 138 valence electrons. The molecule has 2 heterocycles. The largest absolute Gasteiger partial charge is 0.338 e. The van der Waals surface area contributed by atoms with E-state index in [1.54, 1.807) is 23.1 Å². The van der Waals surface area contributed by atoms with Crippen LogP contribution in [0.1, 0.15) is 53.3 Å². The summed E-state index contributed by atoms with van der Waals surface area (Å²) in [6.07, 6.45) is 7.27. The summed E-state index contributed by atoms with van der Waals surface area (Å²) in [6.45, 7) is 1.33. The van der Waals surface area contributed by atoms with Gasteiger partial charge in [-0.15, -0.1) is 0 Å². The third-order valence-corrected chi connectivity index (χ3v) is 5.54. The van der Waals surface area contributed by atoms with Crippen molar-refractivity contribution in [3.05, 3.63) is 53.1 Å². The van der Waals surface area contributed by atoms with E-state index in [0.29, 0.717) is 25.2 Å². The fourth-order valence-corrected chi connectivity index (χ4v) is 4.18. The maximum atomic E-state index is 13.9. The number of aromatic nitrogens is 2. The van der Waals surface area contributed by atoms with Gasteiger partial charge in [-0.2, -0.15) is 5.10 Å². The molecule has 1 atom stereocenters. The molecular weight excluding hydrogens is 331 g/mol. The SMILES string of the molecule is Cn1cc2c(n1)CCCC2NC1CCN(C(=O)c2ccccc2F)CC1. The molecule has 1 fully saturated rings. The molecule has 1 N–H and O–H groups in total. The van der Waals surface area contributed by atoms with Crippen molar-refractivity contribution in [1.82, 2.24) is 20.0 Å². The van der Waals surface area contributed by atoms with Gasteiger partial charge in [0.2, 0.25) is 0 Å². The summed E-state index contributed by atoms with van der Waals surface area (Å²) in [5, 5.41) is 8.33. The molecule has 2 aliphatic rings. The number of piperidine rings is 1. The minimum atomic E-state index is -0.441. The molecule has 2 aromatic rings. The second-order valence-electron chi connectivity index (χ2n) is 7.36. The first kappa shape index (κ1) is 17.2. The molecule has 26 heavy (non-hydrogen) atoms. The van der Waals surface area contributed by atoms with Gasteiger partial charge >= 0.3 is 0 Å². The van der Waals surface area contributed by atoms with Crippen molar-refractivity contribution < 1.29 is 9.18 Å². The first-order valence-electron chi connectivity index (χ1n) is 9.44. The molecule has 0 bridgehead atoms. The van der Waals surface area contributed by atoms with Crippen LogP contribution in [-0.2, 0) is 13.5 Å². The number of fused-ring (bicyclic) bond motifs is 1. The van der Waals surface area contributed by atoms with Gasteiger partial charge in [-0.1, -0.05) is 12.1 Å². The molecule has 1 unspecified atom stereocenters. The number of carbonyl (C=O) groups excluding carboxylic acids is 1. The highest BCUT2D eigenvalue weighted by atomic mass is 19.1. The van der Waals surface area contributed by atoms with Crippen LogP contribution in [0.2, 0.25) is 0 Å². The molecule has 4 rings (SSSR count). The van der Waals surface area contributed by atoms with E-state index in [1.807, 2.05) is 11.7 Å². The van der Waals surface area contributed by atoms with E-state index in [4.69, 9.17) is 0 Å². The van der Waals surface area contributed by atoms with E-state index in [2.05, 4.69) is 16.6 Å². The molecule has 1 amide bonds. The average Bonchev–Trinajstić information content (AvgIpc) is 3.04. The third kappa shape index (κ3) is 3.38. The summed E-state index contributed by atoms with van der Waals surface area (Å²) in [5.41, 5.74) is 2.71. The van der Waals surface area contributed by atoms with Crippen molar-refractivity contribution in [2.24, 2.45) is 7.05 Å². The number of nitrogens with zero attached hydrogens (tertiary/aromatic N) is 3. The first-order chi connectivity index (χ1) is 12.6. The van der Waals surface area contributed by atoms with Crippen LogP contribution in [-0.4, -0.2) is 39.7 Å². The Morgan fingerprint density at radius 1 is 1.23 bits per heavy atom. The number of rotatable bonds is 3. The van der Waals surface area contributed by atoms with E-state index in [1.165, 1.54) is 17.3 Å². The predicted octanol–water partition coefficient (Wildman–Crippen LogP) is 2.83. The van der Waals surface area contributed by atoms with Crippen LogP contribution in [0.25, 0.3) is 0 Å². The van der Waals surface area contributed by atoms with Crippen LogP contribution in [0.4, 0.5) is 4.39 Å². The molecule has 1 saturated heterocycles. The van der Waals surface area contributed by atoms with Gasteiger partial charge in [0.05, 0.1) is 11.3 Å². The fraction of sp³-hybridized carbons (Fsp3) is 0.500. The van der Waals surface area contributed by atoms with Crippen molar-refractivity contribution in [2.45, 2.75) is 44.2 Å². The molecule has 1 aliphatic carbocycles. The second kappa shape index (κ2) is 7.19. The van der Waals surface area contributed by atoms with Crippen molar-refractivity contribution >= 4 is 5.91 Å². The molecule has 1 aliphatic heterocycles. The Hall–Kier alpha value is -2.21. The lowest BCUT2D eigenvalue weighted by Gasteiger charge is -2.35. The van der Waals surface area contributed by atoms with Crippen LogP contribution < -0.4 is 5.32 Å². The maximum Gasteiger partial charge on any atom is 0.256 e. The number of likely N-dealkylation sites (tertiary alicyclic amines) is 1. The van der Waals surface area contributed by atoms with Gasteiger partial charge in [0.15, 0.2) is 0 Å². The van der Waals surface area contributed by atoms with E-state index in [0.717, 1.165) is 32.1 Å². The number of halogens is 1. The number of nitrogens with one attached hydrogen (secondary N) is 1. The van der Waals surface area contributed by atoms with Gasteiger partial charge in [0.1, 0.15) is 5.82 Å². The van der Waals surface area contributed by atoms with Crippen LogP contribution in [0.15, 0.2) is 30.5 Å². The molecule has 1 aromatic carbocycles. The first-order valence-corrected chi connectivity index (χ1v) is 9.44. The van der Waals surface area contributed by atoms with Crippen LogP contribution in [0.5, 0.6) is 0 Å². The zero-order chi connectivity index (χ0) is 18.1.